The Morgan fingerprint density at radius 1 is 1.33 bits per heavy atom. The predicted octanol–water partition coefficient (Wildman–Crippen LogP) is 1.47. The first-order chi connectivity index (χ1) is 8.93. The van der Waals surface area contributed by atoms with E-state index < -0.39 is 0 Å². The molecule has 18 heavy (non-hydrogen) atoms. The van der Waals surface area contributed by atoms with E-state index in [4.69, 9.17) is 9.26 Å². The van der Waals surface area contributed by atoms with Crippen molar-refractivity contribution in [3.05, 3.63) is 47.6 Å². The molecule has 1 aliphatic heterocycles. The molecule has 5 heteroatoms. The molecule has 0 radical (unpaired) electrons. The Labute approximate surface area is 105 Å². The van der Waals surface area contributed by atoms with Crippen LogP contribution in [0.2, 0.25) is 0 Å². The highest BCUT2D eigenvalue weighted by Crippen LogP contribution is 2.24. The van der Waals surface area contributed by atoms with E-state index in [-0.39, 0.29) is 6.04 Å². The molecule has 2 aromatic rings. The van der Waals surface area contributed by atoms with Crippen LogP contribution < -0.4 is 5.32 Å². The summed E-state index contributed by atoms with van der Waals surface area (Å²) in [7, 11) is 0. The SMILES string of the molecule is c1ccc2c(c1)COCC2NCCc1ncno1. The van der Waals surface area contributed by atoms with E-state index in [1.54, 1.807) is 0 Å². The first-order valence-electron chi connectivity index (χ1n) is 6.08. The quantitative estimate of drug-likeness (QED) is 0.884. The van der Waals surface area contributed by atoms with E-state index >= 15 is 0 Å². The van der Waals surface area contributed by atoms with Crippen molar-refractivity contribution in [2.45, 2.75) is 19.1 Å². The topological polar surface area (TPSA) is 60.2 Å². The van der Waals surface area contributed by atoms with Crippen LogP contribution in [0.1, 0.15) is 23.1 Å². The van der Waals surface area contributed by atoms with Gasteiger partial charge in [0.05, 0.1) is 19.3 Å². The van der Waals surface area contributed by atoms with Crippen molar-refractivity contribution < 1.29 is 9.26 Å². The summed E-state index contributed by atoms with van der Waals surface area (Å²) in [6.45, 7) is 2.21. The summed E-state index contributed by atoms with van der Waals surface area (Å²) in [6.07, 6.45) is 2.16. The number of benzene rings is 1. The molecule has 1 aromatic heterocycles. The molecule has 3 rings (SSSR count). The molecule has 0 spiro atoms. The van der Waals surface area contributed by atoms with Gasteiger partial charge in [0.25, 0.3) is 0 Å². The monoisotopic (exact) mass is 245 g/mol. The van der Waals surface area contributed by atoms with Gasteiger partial charge < -0.3 is 14.6 Å². The van der Waals surface area contributed by atoms with Crippen LogP contribution in [-0.4, -0.2) is 23.3 Å². The Bertz CT molecular complexity index is 499. The van der Waals surface area contributed by atoms with Crippen LogP contribution in [0.15, 0.2) is 35.1 Å². The lowest BCUT2D eigenvalue weighted by Crippen LogP contribution is -2.31. The third-order valence-electron chi connectivity index (χ3n) is 3.11. The van der Waals surface area contributed by atoms with Gasteiger partial charge >= 0.3 is 0 Å². The third-order valence-corrected chi connectivity index (χ3v) is 3.11. The molecule has 1 aromatic carbocycles. The minimum absolute atomic E-state index is 0.248. The lowest BCUT2D eigenvalue weighted by atomic mass is 9.99. The van der Waals surface area contributed by atoms with Crippen LogP contribution in [0.25, 0.3) is 0 Å². The number of fused-ring (bicyclic) bond motifs is 1. The van der Waals surface area contributed by atoms with Crippen molar-refractivity contribution in [1.29, 1.82) is 0 Å². The maximum Gasteiger partial charge on any atom is 0.227 e. The van der Waals surface area contributed by atoms with Crippen molar-refractivity contribution in [3.8, 4) is 0 Å². The summed E-state index contributed by atoms with van der Waals surface area (Å²) in [5.41, 5.74) is 2.59. The van der Waals surface area contributed by atoms with Gasteiger partial charge in [-0.25, -0.2) is 0 Å². The summed E-state index contributed by atoms with van der Waals surface area (Å²) in [6, 6.07) is 8.63. The van der Waals surface area contributed by atoms with Crippen molar-refractivity contribution in [2.75, 3.05) is 13.2 Å². The highest BCUT2D eigenvalue weighted by molar-refractivity contribution is 5.31. The van der Waals surface area contributed by atoms with Crippen molar-refractivity contribution >= 4 is 0 Å². The molecule has 1 aliphatic rings. The second kappa shape index (κ2) is 5.29. The van der Waals surface area contributed by atoms with Gasteiger partial charge in [0.2, 0.25) is 5.89 Å². The highest BCUT2D eigenvalue weighted by Gasteiger charge is 2.19. The van der Waals surface area contributed by atoms with Gasteiger partial charge in [-0.1, -0.05) is 29.4 Å². The molecule has 5 nitrogen and oxygen atoms in total. The van der Waals surface area contributed by atoms with E-state index in [2.05, 4.69) is 33.7 Å². The molecule has 0 aliphatic carbocycles. The van der Waals surface area contributed by atoms with Gasteiger partial charge in [0, 0.05) is 13.0 Å². The summed E-state index contributed by atoms with van der Waals surface area (Å²) < 4.78 is 10.5. The molecule has 0 amide bonds. The zero-order valence-electron chi connectivity index (χ0n) is 10.0. The average molecular weight is 245 g/mol. The molecule has 0 saturated heterocycles. The molecule has 0 fully saturated rings. The molecule has 0 saturated carbocycles. The fourth-order valence-corrected chi connectivity index (χ4v) is 2.21. The van der Waals surface area contributed by atoms with Crippen LogP contribution in [-0.2, 0) is 17.8 Å². The standard InChI is InChI=1S/C13H15N3O2/c1-2-4-11-10(3-1)7-17-8-12(11)14-6-5-13-15-9-16-18-13/h1-4,9,12,14H,5-8H2. The van der Waals surface area contributed by atoms with Gasteiger partial charge in [-0.3, -0.25) is 0 Å². The fourth-order valence-electron chi connectivity index (χ4n) is 2.21. The predicted molar refractivity (Wildman–Crippen MR) is 64.8 cm³/mol. The van der Waals surface area contributed by atoms with Crippen molar-refractivity contribution in [2.24, 2.45) is 0 Å². The molecule has 1 atom stereocenters. The molecule has 2 heterocycles. The Hall–Kier alpha value is -1.72. The van der Waals surface area contributed by atoms with Crippen molar-refractivity contribution in [1.82, 2.24) is 15.5 Å². The normalized spacial score (nSPS) is 18.6. The summed E-state index contributed by atoms with van der Waals surface area (Å²) >= 11 is 0. The maximum absolute atomic E-state index is 5.58. The van der Waals surface area contributed by atoms with Crippen LogP contribution in [0, 0.1) is 0 Å². The molecular weight excluding hydrogens is 230 g/mol. The largest absolute Gasteiger partial charge is 0.375 e. The zero-order valence-corrected chi connectivity index (χ0v) is 10.0. The number of hydrogen-bond acceptors (Lipinski definition) is 5. The second-order valence-corrected chi connectivity index (χ2v) is 4.31. The molecule has 1 unspecified atom stereocenters. The van der Waals surface area contributed by atoms with Gasteiger partial charge in [0.1, 0.15) is 0 Å². The Morgan fingerprint density at radius 2 is 2.28 bits per heavy atom. The first kappa shape index (κ1) is 11.4. The van der Waals surface area contributed by atoms with Crippen LogP contribution in [0.4, 0.5) is 0 Å². The Balaban J connectivity index is 1.60. The first-order valence-corrected chi connectivity index (χ1v) is 6.08. The smallest absolute Gasteiger partial charge is 0.227 e. The lowest BCUT2D eigenvalue weighted by molar-refractivity contribution is 0.0822. The average Bonchev–Trinajstić information content (AvgIpc) is 2.92. The lowest BCUT2D eigenvalue weighted by Gasteiger charge is -2.26. The van der Waals surface area contributed by atoms with Crippen LogP contribution in [0.3, 0.4) is 0 Å². The number of aromatic nitrogens is 2. The number of rotatable bonds is 4. The molecular formula is C13H15N3O2. The van der Waals surface area contributed by atoms with Crippen LogP contribution in [0.5, 0.6) is 0 Å². The maximum atomic E-state index is 5.58. The van der Waals surface area contributed by atoms with E-state index in [1.165, 1.54) is 17.5 Å². The van der Waals surface area contributed by atoms with E-state index in [9.17, 15) is 0 Å². The summed E-state index contributed by atoms with van der Waals surface area (Å²) in [4.78, 5) is 3.99. The molecule has 94 valence electrons. The van der Waals surface area contributed by atoms with Crippen LogP contribution >= 0.6 is 0 Å². The van der Waals surface area contributed by atoms with Gasteiger partial charge in [0.15, 0.2) is 6.33 Å². The van der Waals surface area contributed by atoms with Gasteiger partial charge in [-0.2, -0.15) is 4.98 Å². The number of nitrogens with zero attached hydrogens (tertiary/aromatic N) is 2. The number of ether oxygens (including phenoxy) is 1. The van der Waals surface area contributed by atoms with Gasteiger partial charge in [-0.05, 0) is 11.1 Å². The second-order valence-electron chi connectivity index (χ2n) is 4.31. The van der Waals surface area contributed by atoms with E-state index in [1.807, 2.05) is 6.07 Å². The number of hydrogen-bond donors (Lipinski definition) is 1. The Morgan fingerprint density at radius 3 is 3.17 bits per heavy atom. The van der Waals surface area contributed by atoms with Gasteiger partial charge in [-0.15, -0.1) is 0 Å². The van der Waals surface area contributed by atoms with E-state index in [0.717, 1.165) is 13.0 Å². The third kappa shape index (κ3) is 2.42. The van der Waals surface area contributed by atoms with E-state index in [0.29, 0.717) is 19.1 Å². The minimum atomic E-state index is 0.248. The fraction of sp³-hybridized carbons (Fsp3) is 0.385. The van der Waals surface area contributed by atoms with Crippen molar-refractivity contribution in [3.63, 3.8) is 0 Å². The zero-order chi connectivity index (χ0) is 12.2. The molecule has 0 bridgehead atoms. The highest BCUT2D eigenvalue weighted by atomic mass is 16.5. The minimum Gasteiger partial charge on any atom is -0.375 e. The summed E-state index contributed by atoms with van der Waals surface area (Å²) in [5, 5.41) is 7.05. The number of nitrogens with one attached hydrogen (secondary N) is 1. The molecule has 1 N–H and O–H groups in total. The Kier molecular flexibility index (Phi) is 3.34. The summed E-state index contributed by atoms with van der Waals surface area (Å²) in [5.74, 6) is 0.660.